The van der Waals surface area contributed by atoms with E-state index in [0.29, 0.717) is 17.2 Å². The minimum atomic E-state index is -0.728. The van der Waals surface area contributed by atoms with E-state index in [4.69, 9.17) is 9.15 Å². The molecule has 0 bridgehead atoms. The summed E-state index contributed by atoms with van der Waals surface area (Å²) in [6.07, 6.45) is 0. The largest absolute Gasteiger partial charge is 0.466 e. The highest BCUT2D eigenvalue weighted by Gasteiger charge is 2.17. The number of rotatable bonds is 4. The molecule has 0 saturated carbocycles. The van der Waals surface area contributed by atoms with Crippen LogP contribution in [0.4, 0.5) is 10.5 Å². The van der Waals surface area contributed by atoms with Crippen molar-refractivity contribution in [2.45, 2.75) is 27.7 Å². The lowest BCUT2D eigenvalue weighted by molar-refractivity contribution is -0.123. The number of furan rings is 1. The zero-order valence-corrected chi connectivity index (χ0v) is 14.6. The number of nitrogens with one attached hydrogen (secondary N) is 2. The van der Waals surface area contributed by atoms with Gasteiger partial charge in [-0.2, -0.15) is 0 Å². The van der Waals surface area contributed by atoms with Crippen molar-refractivity contribution in [3.05, 3.63) is 52.5 Å². The van der Waals surface area contributed by atoms with Gasteiger partial charge in [-0.05, 0) is 45.4 Å². The summed E-state index contributed by atoms with van der Waals surface area (Å²) in [5.41, 5.74) is 2.79. The fourth-order valence-corrected chi connectivity index (χ4v) is 2.31. The zero-order valence-electron chi connectivity index (χ0n) is 14.6. The van der Waals surface area contributed by atoms with Crippen molar-refractivity contribution in [2.75, 3.05) is 11.9 Å². The molecule has 3 amide bonds. The highest BCUT2D eigenvalue weighted by molar-refractivity contribution is 6.02. The molecule has 2 rings (SSSR count). The average Bonchev–Trinajstić information content (AvgIpc) is 2.86. The van der Waals surface area contributed by atoms with Gasteiger partial charge < -0.3 is 14.5 Å². The number of urea groups is 1. The van der Waals surface area contributed by atoms with Crippen LogP contribution < -0.4 is 10.6 Å². The van der Waals surface area contributed by atoms with E-state index in [1.807, 2.05) is 26.0 Å². The van der Waals surface area contributed by atoms with Gasteiger partial charge in [0.2, 0.25) is 0 Å². The number of esters is 1. The maximum absolute atomic E-state index is 11.9. The summed E-state index contributed by atoms with van der Waals surface area (Å²) in [5.74, 6) is -0.426. The molecule has 0 aliphatic rings. The Kier molecular flexibility index (Phi) is 5.59. The summed E-state index contributed by atoms with van der Waals surface area (Å²) in [7, 11) is 0. The molecule has 7 nitrogen and oxygen atoms in total. The van der Waals surface area contributed by atoms with Crippen LogP contribution in [-0.2, 0) is 9.53 Å². The van der Waals surface area contributed by atoms with Gasteiger partial charge in [-0.3, -0.25) is 10.1 Å². The van der Waals surface area contributed by atoms with Gasteiger partial charge in [-0.15, -0.1) is 0 Å². The molecule has 2 N–H and O–H groups in total. The first-order valence-corrected chi connectivity index (χ1v) is 7.68. The van der Waals surface area contributed by atoms with Crippen LogP contribution in [-0.4, -0.2) is 24.5 Å². The predicted molar refractivity (Wildman–Crippen MR) is 91.5 cm³/mol. The lowest BCUT2D eigenvalue weighted by Gasteiger charge is -2.10. The monoisotopic (exact) mass is 344 g/mol. The van der Waals surface area contributed by atoms with Crippen LogP contribution >= 0.6 is 0 Å². The van der Waals surface area contributed by atoms with Crippen LogP contribution in [0, 0.1) is 27.7 Å². The number of hydrogen-bond acceptors (Lipinski definition) is 5. The van der Waals surface area contributed by atoms with Gasteiger partial charge in [-0.25, -0.2) is 9.59 Å². The van der Waals surface area contributed by atoms with Crippen LogP contribution in [0.3, 0.4) is 0 Å². The van der Waals surface area contributed by atoms with E-state index < -0.39 is 24.5 Å². The Labute approximate surface area is 145 Å². The second kappa shape index (κ2) is 7.65. The first kappa shape index (κ1) is 18.3. The third-order valence-corrected chi connectivity index (χ3v) is 3.48. The number of benzene rings is 1. The van der Waals surface area contributed by atoms with E-state index in [9.17, 15) is 14.4 Å². The van der Waals surface area contributed by atoms with Gasteiger partial charge in [0.15, 0.2) is 6.61 Å². The Morgan fingerprint density at radius 1 is 1.08 bits per heavy atom. The molecule has 0 aliphatic heterocycles. The Balaban J connectivity index is 1.84. The van der Waals surface area contributed by atoms with Crippen molar-refractivity contribution in [3.63, 3.8) is 0 Å². The van der Waals surface area contributed by atoms with Crippen molar-refractivity contribution in [1.29, 1.82) is 0 Å². The number of carbonyl (C=O) groups is 3. The Hall–Kier alpha value is -3.09. The molecule has 25 heavy (non-hydrogen) atoms. The van der Waals surface area contributed by atoms with Gasteiger partial charge in [0.25, 0.3) is 5.91 Å². The molecule has 0 aliphatic carbocycles. The predicted octanol–water partition coefficient (Wildman–Crippen LogP) is 3.02. The van der Waals surface area contributed by atoms with Crippen molar-refractivity contribution in [3.8, 4) is 0 Å². The molecule has 1 aromatic carbocycles. The first-order chi connectivity index (χ1) is 11.8. The maximum Gasteiger partial charge on any atom is 0.342 e. The number of ether oxygens (including phenoxy) is 1. The summed E-state index contributed by atoms with van der Waals surface area (Å²) in [6, 6.07) is 6.35. The van der Waals surface area contributed by atoms with E-state index >= 15 is 0 Å². The molecule has 0 radical (unpaired) electrons. The van der Waals surface area contributed by atoms with Crippen LogP contribution in [0.15, 0.2) is 28.7 Å². The van der Waals surface area contributed by atoms with Crippen molar-refractivity contribution in [2.24, 2.45) is 0 Å². The summed E-state index contributed by atoms with van der Waals surface area (Å²) in [5, 5.41) is 4.68. The van der Waals surface area contributed by atoms with E-state index in [1.54, 1.807) is 19.9 Å². The quantitative estimate of drug-likeness (QED) is 0.831. The van der Waals surface area contributed by atoms with E-state index in [0.717, 1.165) is 11.1 Å². The minimum absolute atomic E-state index is 0.255. The highest BCUT2D eigenvalue weighted by atomic mass is 16.5. The molecule has 2 aromatic rings. The van der Waals surface area contributed by atoms with Crippen molar-refractivity contribution >= 4 is 23.6 Å². The maximum atomic E-state index is 11.9. The molecule has 132 valence electrons. The van der Waals surface area contributed by atoms with Gasteiger partial charge in [0.05, 0.1) is 0 Å². The van der Waals surface area contributed by atoms with Crippen LogP contribution in [0.25, 0.3) is 0 Å². The molecule has 0 spiro atoms. The topological polar surface area (TPSA) is 97.6 Å². The lowest BCUT2D eigenvalue weighted by atomic mass is 10.1. The van der Waals surface area contributed by atoms with Crippen molar-refractivity contribution < 1.29 is 23.5 Å². The standard InChI is InChI=1S/C18H20N2O5/c1-10-5-6-15(11(2)7-10)19-18(23)20-16(21)9-24-17(22)14-8-12(3)25-13(14)4/h5-8H,9H2,1-4H3,(H2,19,20,21,23). The van der Waals surface area contributed by atoms with Crippen molar-refractivity contribution in [1.82, 2.24) is 5.32 Å². The van der Waals surface area contributed by atoms with Gasteiger partial charge in [-0.1, -0.05) is 17.7 Å². The third-order valence-electron chi connectivity index (χ3n) is 3.48. The van der Waals surface area contributed by atoms with E-state index in [-0.39, 0.29) is 5.56 Å². The second-order valence-electron chi connectivity index (χ2n) is 5.72. The van der Waals surface area contributed by atoms with Crippen LogP contribution in [0.2, 0.25) is 0 Å². The Morgan fingerprint density at radius 2 is 1.80 bits per heavy atom. The molecule has 1 heterocycles. The summed E-state index contributed by atoms with van der Waals surface area (Å²) in [6.45, 7) is 6.55. The second-order valence-corrected chi connectivity index (χ2v) is 5.72. The molecular weight excluding hydrogens is 324 g/mol. The number of amides is 3. The molecular formula is C18H20N2O5. The number of imide groups is 1. The Morgan fingerprint density at radius 3 is 2.40 bits per heavy atom. The van der Waals surface area contributed by atoms with E-state index in [1.165, 1.54) is 6.07 Å². The van der Waals surface area contributed by atoms with Crippen LogP contribution in [0.1, 0.15) is 33.0 Å². The normalized spacial score (nSPS) is 10.2. The molecule has 0 unspecified atom stereocenters. The molecule has 1 aromatic heterocycles. The third kappa shape index (κ3) is 4.94. The smallest absolute Gasteiger partial charge is 0.342 e. The van der Waals surface area contributed by atoms with Gasteiger partial charge in [0, 0.05) is 5.69 Å². The molecule has 0 fully saturated rings. The minimum Gasteiger partial charge on any atom is -0.466 e. The van der Waals surface area contributed by atoms with E-state index in [2.05, 4.69) is 10.6 Å². The summed E-state index contributed by atoms with van der Waals surface area (Å²) >= 11 is 0. The number of aryl methyl sites for hydroxylation is 4. The Bertz CT molecular complexity index is 823. The zero-order chi connectivity index (χ0) is 18.6. The average molecular weight is 344 g/mol. The molecule has 7 heteroatoms. The highest BCUT2D eigenvalue weighted by Crippen LogP contribution is 2.16. The lowest BCUT2D eigenvalue weighted by Crippen LogP contribution is -2.37. The van der Waals surface area contributed by atoms with Crippen LogP contribution in [0.5, 0.6) is 0 Å². The first-order valence-electron chi connectivity index (χ1n) is 7.68. The fourth-order valence-electron chi connectivity index (χ4n) is 2.31. The number of hydrogen-bond donors (Lipinski definition) is 2. The number of carbonyl (C=O) groups excluding carboxylic acids is 3. The molecule has 0 saturated heterocycles. The fraction of sp³-hybridized carbons (Fsp3) is 0.278. The summed E-state index contributed by atoms with van der Waals surface area (Å²) in [4.78, 5) is 35.4. The number of anilines is 1. The summed E-state index contributed by atoms with van der Waals surface area (Å²) < 4.78 is 10.1. The SMILES string of the molecule is Cc1ccc(NC(=O)NC(=O)COC(=O)c2cc(C)oc2C)c(C)c1. The van der Waals surface area contributed by atoms with Gasteiger partial charge >= 0.3 is 12.0 Å². The van der Waals surface area contributed by atoms with Gasteiger partial charge in [0.1, 0.15) is 17.1 Å². The molecule has 0 atom stereocenters.